The number of benzene rings is 2. The molecule has 0 saturated heterocycles. The van der Waals surface area contributed by atoms with Gasteiger partial charge in [0.05, 0.1) is 17.5 Å². The molecule has 1 atom stereocenters. The van der Waals surface area contributed by atoms with Crippen LogP contribution in [-0.4, -0.2) is 6.17 Å². The number of nitrogens with zero attached hydrogens (tertiary/aromatic N) is 1. The van der Waals surface area contributed by atoms with Crippen molar-refractivity contribution in [2.24, 2.45) is 5.92 Å². The molecule has 1 N–H and O–H groups in total. The highest BCUT2D eigenvalue weighted by molar-refractivity contribution is 6.30. The summed E-state index contributed by atoms with van der Waals surface area (Å²) in [6.07, 6.45) is 1.49. The van der Waals surface area contributed by atoms with Crippen LogP contribution in [0.2, 0.25) is 5.02 Å². The standard InChI is InChI=1S/C18H21ClN2/c1-13(2)11-18-20-16-5-3-4-6-17(16)21(18)12-14-7-9-15(19)10-8-14/h3-10,13,18,20H,11-12H2,1-2H3. The van der Waals surface area contributed by atoms with Crippen molar-refractivity contribution in [3.8, 4) is 0 Å². The van der Waals surface area contributed by atoms with Crippen molar-refractivity contribution in [1.82, 2.24) is 0 Å². The SMILES string of the molecule is CC(C)CC1Nc2ccccc2N1Cc1ccc(Cl)cc1. The minimum atomic E-state index is 0.359. The Kier molecular flexibility index (Phi) is 4.07. The van der Waals surface area contributed by atoms with Crippen LogP contribution >= 0.6 is 11.6 Å². The number of nitrogens with one attached hydrogen (secondary N) is 1. The van der Waals surface area contributed by atoms with Crippen LogP contribution in [0.3, 0.4) is 0 Å². The lowest BCUT2D eigenvalue weighted by atomic mass is 10.1. The molecule has 1 unspecified atom stereocenters. The fourth-order valence-corrected chi connectivity index (χ4v) is 3.01. The molecule has 0 saturated carbocycles. The molecule has 3 heteroatoms. The van der Waals surface area contributed by atoms with Gasteiger partial charge in [0.25, 0.3) is 0 Å². The van der Waals surface area contributed by atoms with Crippen LogP contribution in [0.15, 0.2) is 48.5 Å². The third kappa shape index (κ3) is 3.16. The van der Waals surface area contributed by atoms with Gasteiger partial charge in [0.1, 0.15) is 0 Å². The molecule has 0 amide bonds. The van der Waals surface area contributed by atoms with Gasteiger partial charge in [-0.25, -0.2) is 0 Å². The zero-order valence-corrected chi connectivity index (χ0v) is 13.3. The van der Waals surface area contributed by atoms with Crippen molar-refractivity contribution >= 4 is 23.0 Å². The van der Waals surface area contributed by atoms with Gasteiger partial charge in [0.15, 0.2) is 0 Å². The van der Waals surface area contributed by atoms with E-state index in [0.717, 1.165) is 18.0 Å². The summed E-state index contributed by atoms with van der Waals surface area (Å²) < 4.78 is 0. The van der Waals surface area contributed by atoms with E-state index in [1.807, 2.05) is 12.1 Å². The van der Waals surface area contributed by atoms with Crippen LogP contribution in [0.4, 0.5) is 11.4 Å². The van der Waals surface area contributed by atoms with Gasteiger partial charge in [0, 0.05) is 11.6 Å². The van der Waals surface area contributed by atoms with E-state index in [0.29, 0.717) is 12.1 Å². The molecule has 110 valence electrons. The van der Waals surface area contributed by atoms with Gasteiger partial charge < -0.3 is 10.2 Å². The van der Waals surface area contributed by atoms with Gasteiger partial charge >= 0.3 is 0 Å². The molecule has 1 aliphatic heterocycles. The number of rotatable bonds is 4. The van der Waals surface area contributed by atoms with E-state index in [9.17, 15) is 0 Å². The Labute approximate surface area is 131 Å². The normalized spacial score (nSPS) is 17.0. The molecule has 2 aromatic rings. The fraction of sp³-hybridized carbons (Fsp3) is 0.333. The summed E-state index contributed by atoms with van der Waals surface area (Å²) >= 11 is 5.98. The second-order valence-corrected chi connectivity index (χ2v) is 6.50. The maximum atomic E-state index is 5.98. The van der Waals surface area contributed by atoms with Crippen LogP contribution in [0.1, 0.15) is 25.8 Å². The zero-order chi connectivity index (χ0) is 14.8. The Morgan fingerprint density at radius 3 is 2.52 bits per heavy atom. The second-order valence-electron chi connectivity index (χ2n) is 6.06. The van der Waals surface area contributed by atoms with Crippen LogP contribution in [0.25, 0.3) is 0 Å². The summed E-state index contributed by atoms with van der Waals surface area (Å²) in [5.41, 5.74) is 3.81. The van der Waals surface area contributed by atoms with Crippen molar-refractivity contribution in [3.05, 3.63) is 59.1 Å². The average molecular weight is 301 g/mol. The first kappa shape index (κ1) is 14.3. The van der Waals surface area contributed by atoms with Crippen LogP contribution < -0.4 is 10.2 Å². The van der Waals surface area contributed by atoms with Crippen molar-refractivity contribution in [3.63, 3.8) is 0 Å². The third-order valence-electron chi connectivity index (χ3n) is 3.87. The molecule has 1 heterocycles. The fourth-order valence-electron chi connectivity index (χ4n) is 2.89. The van der Waals surface area contributed by atoms with Gasteiger partial charge in [-0.15, -0.1) is 0 Å². The lowest BCUT2D eigenvalue weighted by Crippen LogP contribution is -2.36. The molecule has 2 nitrogen and oxygen atoms in total. The summed E-state index contributed by atoms with van der Waals surface area (Å²) in [7, 11) is 0. The summed E-state index contributed by atoms with van der Waals surface area (Å²) in [4.78, 5) is 2.46. The molecule has 21 heavy (non-hydrogen) atoms. The summed E-state index contributed by atoms with van der Waals surface area (Å²) in [5, 5.41) is 4.44. The Hall–Kier alpha value is -1.67. The van der Waals surface area contributed by atoms with E-state index < -0.39 is 0 Å². The van der Waals surface area contributed by atoms with Gasteiger partial charge in [-0.1, -0.05) is 49.7 Å². The maximum Gasteiger partial charge on any atom is 0.0996 e. The van der Waals surface area contributed by atoms with Gasteiger partial charge in [-0.3, -0.25) is 0 Å². The van der Waals surface area contributed by atoms with Crippen LogP contribution in [-0.2, 0) is 6.54 Å². The van der Waals surface area contributed by atoms with E-state index >= 15 is 0 Å². The number of halogens is 1. The van der Waals surface area contributed by atoms with Crippen LogP contribution in [0.5, 0.6) is 0 Å². The Balaban J connectivity index is 1.86. The summed E-state index contributed by atoms with van der Waals surface area (Å²) in [6.45, 7) is 5.44. The minimum absolute atomic E-state index is 0.359. The highest BCUT2D eigenvalue weighted by Gasteiger charge is 2.28. The van der Waals surface area contributed by atoms with Crippen molar-refractivity contribution in [2.75, 3.05) is 10.2 Å². The van der Waals surface area contributed by atoms with E-state index in [1.54, 1.807) is 0 Å². The summed E-state index contributed by atoms with van der Waals surface area (Å²) in [5.74, 6) is 0.657. The Bertz CT molecular complexity index is 607. The smallest absolute Gasteiger partial charge is 0.0996 e. The molecule has 0 fully saturated rings. The monoisotopic (exact) mass is 300 g/mol. The molecule has 0 aliphatic carbocycles. The van der Waals surface area contributed by atoms with Crippen molar-refractivity contribution in [1.29, 1.82) is 0 Å². The van der Waals surface area contributed by atoms with Crippen molar-refractivity contribution in [2.45, 2.75) is 33.0 Å². The molecular formula is C18H21ClN2. The van der Waals surface area contributed by atoms with Gasteiger partial charge in [-0.05, 0) is 42.2 Å². The first-order valence-corrected chi connectivity index (χ1v) is 7.88. The van der Waals surface area contributed by atoms with E-state index in [4.69, 9.17) is 11.6 Å². The molecule has 0 aromatic heterocycles. The average Bonchev–Trinajstić information content (AvgIpc) is 2.78. The number of hydrogen-bond donors (Lipinski definition) is 1. The minimum Gasteiger partial charge on any atom is -0.363 e. The maximum absolute atomic E-state index is 5.98. The van der Waals surface area contributed by atoms with Gasteiger partial charge in [-0.2, -0.15) is 0 Å². The molecular weight excluding hydrogens is 280 g/mol. The second kappa shape index (κ2) is 5.98. The molecule has 0 radical (unpaired) electrons. The first-order valence-electron chi connectivity index (χ1n) is 7.50. The number of hydrogen-bond acceptors (Lipinski definition) is 2. The lowest BCUT2D eigenvalue weighted by Gasteiger charge is -2.28. The first-order chi connectivity index (χ1) is 10.1. The molecule has 0 bridgehead atoms. The zero-order valence-electron chi connectivity index (χ0n) is 12.5. The molecule has 1 aliphatic rings. The predicted octanol–water partition coefficient (Wildman–Crippen LogP) is 5.14. The highest BCUT2D eigenvalue weighted by atomic mass is 35.5. The van der Waals surface area contributed by atoms with E-state index in [-0.39, 0.29) is 0 Å². The largest absolute Gasteiger partial charge is 0.363 e. The van der Waals surface area contributed by atoms with Crippen molar-refractivity contribution < 1.29 is 0 Å². The molecule has 3 rings (SSSR count). The molecule has 2 aromatic carbocycles. The number of anilines is 2. The van der Waals surface area contributed by atoms with Gasteiger partial charge in [0.2, 0.25) is 0 Å². The molecule has 0 spiro atoms. The quantitative estimate of drug-likeness (QED) is 0.840. The predicted molar refractivity (Wildman–Crippen MR) is 90.9 cm³/mol. The van der Waals surface area contributed by atoms with Crippen LogP contribution in [0, 0.1) is 5.92 Å². The number of fused-ring (bicyclic) bond motifs is 1. The summed E-state index contributed by atoms with van der Waals surface area (Å²) in [6, 6.07) is 16.7. The Morgan fingerprint density at radius 2 is 1.81 bits per heavy atom. The highest BCUT2D eigenvalue weighted by Crippen LogP contribution is 2.37. The van der Waals surface area contributed by atoms with E-state index in [1.165, 1.54) is 16.9 Å². The Morgan fingerprint density at radius 1 is 1.10 bits per heavy atom. The number of para-hydroxylation sites is 2. The third-order valence-corrected chi connectivity index (χ3v) is 4.12. The van der Waals surface area contributed by atoms with E-state index in [2.05, 4.69) is 60.5 Å². The lowest BCUT2D eigenvalue weighted by molar-refractivity contribution is 0.505. The topological polar surface area (TPSA) is 15.3 Å².